The van der Waals surface area contributed by atoms with Gasteiger partial charge in [0.1, 0.15) is 0 Å². The second kappa shape index (κ2) is 9.45. The molecule has 0 amide bonds. The van der Waals surface area contributed by atoms with E-state index in [0.717, 1.165) is 17.1 Å². The second-order valence-electron chi connectivity index (χ2n) is 10.3. The first-order chi connectivity index (χ1) is 19.3. The van der Waals surface area contributed by atoms with E-state index in [9.17, 15) is 0 Å². The minimum absolute atomic E-state index is 0.381. The third-order valence-electron chi connectivity index (χ3n) is 8.01. The summed E-state index contributed by atoms with van der Waals surface area (Å²) in [4.78, 5) is 2.35. The van der Waals surface area contributed by atoms with Crippen molar-refractivity contribution in [3.05, 3.63) is 186 Å². The van der Waals surface area contributed by atoms with Gasteiger partial charge < -0.3 is 4.90 Å². The molecule has 0 atom stereocenters. The van der Waals surface area contributed by atoms with Crippen LogP contribution >= 0.6 is 0 Å². The fourth-order valence-electron chi connectivity index (χ4n) is 6.29. The first-order valence-electron chi connectivity index (χ1n) is 13.5. The number of hydrogen-bond donors (Lipinski definition) is 0. The molecule has 1 aliphatic carbocycles. The first kappa shape index (κ1) is 23.3. The van der Waals surface area contributed by atoms with E-state index in [-0.39, 0.29) is 5.41 Å². The summed E-state index contributed by atoms with van der Waals surface area (Å²) in [5, 5.41) is 0. The Bertz CT molecular complexity index is 1700. The molecule has 0 aromatic heterocycles. The monoisotopic (exact) mass is 499 g/mol. The molecule has 0 N–H and O–H groups in total. The van der Waals surface area contributed by atoms with E-state index >= 15 is 0 Å². The maximum Gasteiger partial charge on any atom is 0.0713 e. The Morgan fingerprint density at radius 1 is 0.410 bits per heavy atom. The molecule has 1 heteroatoms. The van der Waals surface area contributed by atoms with E-state index in [2.05, 4.69) is 170 Å². The molecule has 0 saturated carbocycles. The lowest BCUT2D eigenvalue weighted by Gasteiger charge is -2.34. The van der Waals surface area contributed by atoms with Crippen molar-refractivity contribution < 1.29 is 0 Å². The molecule has 1 nitrogen and oxygen atoms in total. The number of aryl methyl sites for hydroxylation is 1. The van der Waals surface area contributed by atoms with Gasteiger partial charge in [0, 0.05) is 17.1 Å². The highest BCUT2D eigenvalue weighted by Gasteiger charge is 2.46. The minimum Gasteiger partial charge on any atom is -0.310 e. The Hall–Kier alpha value is -4.88. The SMILES string of the molecule is Cc1ccc(N(c2ccccc2)c2ccc3c(c2)-c2ccccc2C3(c2ccccc2)c2ccccc2)cc1. The molecule has 7 rings (SSSR count). The zero-order chi connectivity index (χ0) is 26.2. The fraction of sp³-hybridized carbons (Fsp3) is 0.0526. The van der Waals surface area contributed by atoms with E-state index in [4.69, 9.17) is 0 Å². The van der Waals surface area contributed by atoms with Gasteiger partial charge in [-0.2, -0.15) is 0 Å². The van der Waals surface area contributed by atoms with Gasteiger partial charge in [-0.25, -0.2) is 0 Å². The highest BCUT2D eigenvalue weighted by Crippen LogP contribution is 2.57. The summed E-state index contributed by atoms with van der Waals surface area (Å²) in [6.07, 6.45) is 0. The average Bonchev–Trinajstić information content (AvgIpc) is 3.30. The van der Waals surface area contributed by atoms with Gasteiger partial charge in [0.05, 0.1) is 5.41 Å². The van der Waals surface area contributed by atoms with Gasteiger partial charge in [-0.3, -0.25) is 0 Å². The van der Waals surface area contributed by atoms with E-state index in [1.807, 2.05) is 0 Å². The summed E-state index contributed by atoms with van der Waals surface area (Å²) < 4.78 is 0. The third kappa shape index (κ3) is 3.70. The van der Waals surface area contributed by atoms with Crippen LogP contribution in [0.2, 0.25) is 0 Å². The molecule has 0 fully saturated rings. The summed E-state index contributed by atoms with van der Waals surface area (Å²) in [6.45, 7) is 2.13. The smallest absolute Gasteiger partial charge is 0.0713 e. The van der Waals surface area contributed by atoms with Crippen molar-refractivity contribution in [2.75, 3.05) is 4.90 Å². The van der Waals surface area contributed by atoms with Crippen LogP contribution in [0.1, 0.15) is 27.8 Å². The van der Waals surface area contributed by atoms with E-state index in [1.54, 1.807) is 0 Å². The van der Waals surface area contributed by atoms with Crippen molar-refractivity contribution in [2.24, 2.45) is 0 Å². The van der Waals surface area contributed by atoms with Crippen molar-refractivity contribution in [3.63, 3.8) is 0 Å². The second-order valence-corrected chi connectivity index (χ2v) is 10.3. The Kier molecular flexibility index (Phi) is 5.64. The molecule has 1 aliphatic rings. The molecule has 0 aliphatic heterocycles. The summed E-state index contributed by atoms with van der Waals surface area (Å²) in [6, 6.07) is 57.3. The van der Waals surface area contributed by atoms with Gasteiger partial charge in [-0.1, -0.05) is 127 Å². The Labute approximate surface area is 230 Å². The molecule has 39 heavy (non-hydrogen) atoms. The van der Waals surface area contributed by atoms with Gasteiger partial charge in [0.25, 0.3) is 0 Å². The summed E-state index contributed by atoms with van der Waals surface area (Å²) in [5.74, 6) is 0. The summed E-state index contributed by atoms with van der Waals surface area (Å²) in [5.41, 5.74) is 12.1. The van der Waals surface area contributed by atoms with Gasteiger partial charge >= 0.3 is 0 Å². The first-order valence-corrected chi connectivity index (χ1v) is 13.5. The van der Waals surface area contributed by atoms with Crippen molar-refractivity contribution >= 4 is 17.1 Å². The molecule has 6 aromatic carbocycles. The van der Waals surface area contributed by atoms with Crippen molar-refractivity contribution in [3.8, 4) is 11.1 Å². The van der Waals surface area contributed by atoms with Crippen LogP contribution in [0.5, 0.6) is 0 Å². The molecule has 186 valence electrons. The third-order valence-corrected chi connectivity index (χ3v) is 8.01. The maximum absolute atomic E-state index is 2.38. The quantitative estimate of drug-likeness (QED) is 0.228. The van der Waals surface area contributed by atoms with Crippen LogP contribution in [-0.2, 0) is 5.41 Å². The molecule has 0 heterocycles. The summed E-state index contributed by atoms with van der Waals surface area (Å²) >= 11 is 0. The van der Waals surface area contributed by atoms with Crippen LogP contribution < -0.4 is 4.90 Å². The Balaban J connectivity index is 1.51. The topological polar surface area (TPSA) is 3.24 Å². The number of benzene rings is 6. The lowest BCUT2D eigenvalue weighted by molar-refractivity contribution is 0.768. The molecule has 6 aromatic rings. The zero-order valence-corrected chi connectivity index (χ0v) is 22.0. The number of hydrogen-bond acceptors (Lipinski definition) is 1. The number of rotatable bonds is 5. The normalized spacial score (nSPS) is 12.9. The van der Waals surface area contributed by atoms with E-state index in [1.165, 1.54) is 38.9 Å². The lowest BCUT2D eigenvalue weighted by Crippen LogP contribution is -2.28. The molecule has 0 bridgehead atoms. The van der Waals surface area contributed by atoms with Crippen LogP contribution in [0.4, 0.5) is 17.1 Å². The number of para-hydroxylation sites is 1. The molecule has 0 saturated heterocycles. The van der Waals surface area contributed by atoms with E-state index in [0.29, 0.717) is 0 Å². The van der Waals surface area contributed by atoms with Crippen LogP contribution in [0.15, 0.2) is 158 Å². The standard InChI is InChI=1S/C38H29N/c1-28-21-23-32(24-22-28)39(31-17-9-4-10-18-31)33-25-26-37-35(27-33)34-19-11-12-20-36(34)38(37,29-13-5-2-6-14-29)30-15-7-3-8-16-30/h2-27H,1H3. The molecule has 0 unspecified atom stereocenters. The molecule has 0 spiro atoms. The van der Waals surface area contributed by atoms with Gasteiger partial charge in [0.2, 0.25) is 0 Å². The average molecular weight is 500 g/mol. The minimum atomic E-state index is -0.381. The van der Waals surface area contributed by atoms with E-state index < -0.39 is 0 Å². The largest absolute Gasteiger partial charge is 0.310 e. The van der Waals surface area contributed by atoms with Crippen LogP contribution in [0, 0.1) is 6.92 Å². The van der Waals surface area contributed by atoms with Gasteiger partial charge in [-0.05, 0) is 76.7 Å². The van der Waals surface area contributed by atoms with Crippen molar-refractivity contribution in [2.45, 2.75) is 12.3 Å². The van der Waals surface area contributed by atoms with Gasteiger partial charge in [0.15, 0.2) is 0 Å². The predicted molar refractivity (Wildman–Crippen MR) is 163 cm³/mol. The molecular weight excluding hydrogens is 470 g/mol. The maximum atomic E-state index is 2.38. The van der Waals surface area contributed by atoms with Crippen LogP contribution in [-0.4, -0.2) is 0 Å². The van der Waals surface area contributed by atoms with Crippen LogP contribution in [0.3, 0.4) is 0 Å². The fourth-order valence-corrected chi connectivity index (χ4v) is 6.29. The van der Waals surface area contributed by atoms with Crippen LogP contribution in [0.25, 0.3) is 11.1 Å². The highest BCUT2D eigenvalue weighted by molar-refractivity contribution is 5.90. The summed E-state index contributed by atoms with van der Waals surface area (Å²) in [7, 11) is 0. The van der Waals surface area contributed by atoms with Crippen molar-refractivity contribution in [1.29, 1.82) is 0 Å². The molecular formula is C38H29N. The lowest BCUT2D eigenvalue weighted by atomic mass is 9.68. The Morgan fingerprint density at radius 2 is 0.897 bits per heavy atom. The highest BCUT2D eigenvalue weighted by atomic mass is 15.1. The predicted octanol–water partition coefficient (Wildman–Crippen LogP) is 9.83. The molecule has 0 radical (unpaired) electrons. The van der Waals surface area contributed by atoms with Gasteiger partial charge in [-0.15, -0.1) is 0 Å². The number of nitrogens with zero attached hydrogens (tertiary/aromatic N) is 1. The zero-order valence-electron chi connectivity index (χ0n) is 22.0. The number of anilines is 3. The number of fused-ring (bicyclic) bond motifs is 3. The Morgan fingerprint density at radius 3 is 1.54 bits per heavy atom. The van der Waals surface area contributed by atoms with Crippen molar-refractivity contribution in [1.82, 2.24) is 0 Å².